The van der Waals surface area contributed by atoms with Gasteiger partial charge in [-0.25, -0.2) is 18.3 Å². The fraction of sp³-hybridized carbons (Fsp3) is 0.217. The average molecular weight is 419 g/mol. The molecule has 0 unspecified atom stereocenters. The lowest BCUT2D eigenvalue weighted by Gasteiger charge is -2.41. The minimum absolute atomic E-state index is 0.0445. The third kappa shape index (κ3) is 3.21. The highest BCUT2D eigenvalue weighted by atomic mass is 19.1. The van der Waals surface area contributed by atoms with E-state index in [9.17, 15) is 13.6 Å². The molecular weight excluding hydrogens is 400 g/mol. The predicted octanol–water partition coefficient (Wildman–Crippen LogP) is 3.71. The molecule has 0 radical (unpaired) electrons. The summed E-state index contributed by atoms with van der Waals surface area (Å²) in [5, 5.41) is 4.64. The van der Waals surface area contributed by atoms with Gasteiger partial charge in [0.1, 0.15) is 23.4 Å². The monoisotopic (exact) mass is 419 g/mol. The maximum absolute atomic E-state index is 13.7. The molecule has 1 aromatic carbocycles. The number of rotatable bonds is 4. The zero-order valence-electron chi connectivity index (χ0n) is 16.7. The van der Waals surface area contributed by atoms with Crippen LogP contribution in [0.3, 0.4) is 0 Å². The summed E-state index contributed by atoms with van der Waals surface area (Å²) >= 11 is 0. The summed E-state index contributed by atoms with van der Waals surface area (Å²) < 4.78 is 28.7. The van der Waals surface area contributed by atoms with Crippen molar-refractivity contribution in [2.24, 2.45) is 5.73 Å². The third-order valence-corrected chi connectivity index (χ3v) is 5.73. The van der Waals surface area contributed by atoms with Crippen LogP contribution < -0.4 is 5.73 Å². The van der Waals surface area contributed by atoms with E-state index < -0.39 is 12.1 Å². The summed E-state index contributed by atoms with van der Waals surface area (Å²) in [6, 6.07) is 9.70. The van der Waals surface area contributed by atoms with Gasteiger partial charge < -0.3 is 10.6 Å². The predicted molar refractivity (Wildman–Crippen MR) is 112 cm³/mol. The van der Waals surface area contributed by atoms with Gasteiger partial charge in [-0.15, -0.1) is 0 Å². The average Bonchev–Trinajstić information content (AvgIpc) is 3.16. The number of fused-ring (bicyclic) bond motifs is 1. The van der Waals surface area contributed by atoms with Crippen molar-refractivity contribution < 1.29 is 13.6 Å². The van der Waals surface area contributed by atoms with Gasteiger partial charge >= 0.3 is 0 Å². The largest absolute Gasteiger partial charge is 0.364 e. The molecular formula is C23H19F2N5O. The fourth-order valence-corrected chi connectivity index (χ4v) is 4.04. The Kier molecular flexibility index (Phi) is 4.45. The van der Waals surface area contributed by atoms with E-state index in [2.05, 4.69) is 15.8 Å². The second-order valence-electron chi connectivity index (χ2n) is 7.75. The SMILES string of the molecule is CC1=C=CN(C2CC(F)C2)C(c2ccc3ncc(C(N)=O)n3n2)=C1c1ccc(F)cc1. The molecule has 2 aromatic heterocycles. The van der Waals surface area contributed by atoms with Crippen LogP contribution in [0.2, 0.25) is 0 Å². The van der Waals surface area contributed by atoms with Crippen molar-refractivity contribution in [2.45, 2.75) is 32.0 Å². The highest BCUT2D eigenvalue weighted by molar-refractivity contribution is 5.98. The number of aromatic nitrogens is 3. The number of imidazole rings is 1. The summed E-state index contributed by atoms with van der Waals surface area (Å²) in [6.45, 7) is 1.91. The number of benzene rings is 1. The quantitative estimate of drug-likeness (QED) is 0.654. The number of carbonyl (C=O) groups is 1. The Morgan fingerprint density at radius 2 is 1.94 bits per heavy atom. The number of nitrogens with zero attached hydrogens (tertiary/aromatic N) is 4. The van der Waals surface area contributed by atoms with Gasteiger partial charge in [-0.1, -0.05) is 17.9 Å². The van der Waals surface area contributed by atoms with Crippen molar-refractivity contribution in [3.8, 4) is 0 Å². The van der Waals surface area contributed by atoms with Crippen LogP contribution in [-0.4, -0.2) is 37.6 Å². The summed E-state index contributed by atoms with van der Waals surface area (Å²) in [4.78, 5) is 17.9. The molecule has 1 saturated carbocycles. The van der Waals surface area contributed by atoms with Gasteiger partial charge in [-0.05, 0) is 49.6 Å². The molecule has 2 aliphatic rings. The van der Waals surface area contributed by atoms with Gasteiger partial charge in [0.15, 0.2) is 5.65 Å². The van der Waals surface area contributed by atoms with Crippen LogP contribution in [-0.2, 0) is 0 Å². The first-order chi connectivity index (χ1) is 14.9. The van der Waals surface area contributed by atoms with Crippen molar-refractivity contribution in [2.75, 3.05) is 0 Å². The zero-order chi connectivity index (χ0) is 21.7. The van der Waals surface area contributed by atoms with Gasteiger partial charge in [-0.2, -0.15) is 5.10 Å². The third-order valence-electron chi connectivity index (χ3n) is 5.73. The molecule has 1 aliphatic carbocycles. The van der Waals surface area contributed by atoms with Gasteiger partial charge in [0.2, 0.25) is 0 Å². The molecule has 2 N–H and O–H groups in total. The molecule has 0 bridgehead atoms. The molecule has 1 amide bonds. The topological polar surface area (TPSA) is 76.5 Å². The molecule has 6 nitrogen and oxygen atoms in total. The van der Waals surface area contributed by atoms with Gasteiger partial charge in [0, 0.05) is 23.4 Å². The highest BCUT2D eigenvalue weighted by Gasteiger charge is 2.37. The number of primary amides is 1. The molecule has 1 fully saturated rings. The van der Waals surface area contributed by atoms with Gasteiger partial charge in [-0.3, -0.25) is 4.79 Å². The van der Waals surface area contributed by atoms with Crippen molar-refractivity contribution in [1.29, 1.82) is 0 Å². The lowest BCUT2D eigenvalue weighted by Crippen LogP contribution is -2.43. The summed E-state index contributed by atoms with van der Waals surface area (Å²) in [6.07, 6.45) is 3.15. The molecule has 156 valence electrons. The van der Waals surface area contributed by atoms with E-state index >= 15 is 0 Å². The van der Waals surface area contributed by atoms with Crippen LogP contribution in [0, 0.1) is 5.82 Å². The second kappa shape index (κ2) is 7.18. The van der Waals surface area contributed by atoms with Crippen LogP contribution in [0.5, 0.6) is 0 Å². The molecule has 5 rings (SSSR count). The smallest absolute Gasteiger partial charge is 0.269 e. The summed E-state index contributed by atoms with van der Waals surface area (Å²) in [7, 11) is 0. The normalized spacial score (nSPS) is 20.7. The van der Waals surface area contributed by atoms with Crippen LogP contribution in [0.4, 0.5) is 8.78 Å². The number of carbonyl (C=O) groups excluding carboxylic acids is 1. The van der Waals surface area contributed by atoms with E-state index in [4.69, 9.17) is 5.73 Å². The van der Waals surface area contributed by atoms with E-state index in [-0.39, 0.29) is 17.6 Å². The number of hydrogen-bond acceptors (Lipinski definition) is 4. The maximum atomic E-state index is 13.7. The maximum Gasteiger partial charge on any atom is 0.269 e. The lowest BCUT2D eigenvalue weighted by atomic mass is 9.86. The van der Waals surface area contributed by atoms with Crippen LogP contribution in [0.25, 0.3) is 16.9 Å². The number of amides is 1. The van der Waals surface area contributed by atoms with Crippen LogP contribution >= 0.6 is 0 Å². The Labute approximate surface area is 177 Å². The Morgan fingerprint density at radius 3 is 2.61 bits per heavy atom. The van der Waals surface area contributed by atoms with E-state index in [0.29, 0.717) is 24.2 Å². The highest BCUT2D eigenvalue weighted by Crippen LogP contribution is 2.41. The second-order valence-corrected chi connectivity index (χ2v) is 7.75. The van der Waals surface area contributed by atoms with E-state index in [1.807, 2.05) is 18.0 Å². The van der Waals surface area contributed by atoms with E-state index in [0.717, 1.165) is 22.4 Å². The van der Waals surface area contributed by atoms with E-state index in [1.165, 1.54) is 22.8 Å². The number of hydrogen-bond donors (Lipinski definition) is 1. The van der Waals surface area contributed by atoms with Gasteiger partial charge in [0.05, 0.1) is 11.9 Å². The standard InChI is InChI=1S/C23H19F2N5O/c1-13-8-9-29(17-10-16(25)11-17)22(21(13)14-2-4-15(24)5-3-14)18-6-7-20-27-12-19(23(26)31)30(20)28-18/h2-7,9,12,16-17H,10-11H2,1H3,(H2,26,31). The summed E-state index contributed by atoms with van der Waals surface area (Å²) in [5.41, 5.74) is 13.1. The Hall–Kier alpha value is -3.77. The molecule has 0 saturated heterocycles. The zero-order valence-corrected chi connectivity index (χ0v) is 16.7. The number of allylic oxidation sites excluding steroid dienone is 2. The van der Waals surface area contributed by atoms with Gasteiger partial charge in [0.25, 0.3) is 5.91 Å². The molecule has 1 aliphatic heterocycles. The first-order valence-corrected chi connectivity index (χ1v) is 9.94. The summed E-state index contributed by atoms with van der Waals surface area (Å²) in [5.74, 6) is -0.973. The lowest BCUT2D eigenvalue weighted by molar-refractivity contribution is 0.0993. The first-order valence-electron chi connectivity index (χ1n) is 9.94. The molecule has 0 atom stereocenters. The number of alkyl halides is 1. The Bertz CT molecular complexity index is 1300. The van der Waals surface area contributed by atoms with Crippen LogP contribution in [0.1, 0.15) is 41.5 Å². The van der Waals surface area contributed by atoms with E-state index in [1.54, 1.807) is 24.3 Å². The molecule has 31 heavy (non-hydrogen) atoms. The molecule has 8 heteroatoms. The minimum atomic E-state index is -0.841. The Balaban J connectivity index is 1.75. The minimum Gasteiger partial charge on any atom is -0.364 e. The van der Waals surface area contributed by atoms with Crippen molar-refractivity contribution in [3.05, 3.63) is 82.9 Å². The number of nitrogens with two attached hydrogens (primary N) is 1. The molecule has 0 spiro atoms. The number of halogens is 2. The van der Waals surface area contributed by atoms with Crippen molar-refractivity contribution in [3.63, 3.8) is 0 Å². The van der Waals surface area contributed by atoms with Crippen molar-refractivity contribution in [1.82, 2.24) is 19.5 Å². The fourth-order valence-electron chi connectivity index (χ4n) is 4.04. The van der Waals surface area contributed by atoms with Crippen LogP contribution in [0.15, 0.2) is 60.1 Å². The van der Waals surface area contributed by atoms with Crippen molar-refractivity contribution >= 4 is 22.8 Å². The molecule has 3 heterocycles. The molecule has 3 aromatic rings. The first kappa shape index (κ1) is 19.2. The Morgan fingerprint density at radius 1 is 1.19 bits per heavy atom.